The van der Waals surface area contributed by atoms with Crippen molar-refractivity contribution in [1.82, 2.24) is 10.2 Å². The molecule has 2 atom stereocenters. The first-order valence-electron chi connectivity index (χ1n) is 7.70. The molecule has 116 valence electrons. The van der Waals surface area contributed by atoms with Crippen molar-refractivity contribution in [2.45, 2.75) is 38.1 Å². The average molecular weight is 290 g/mol. The van der Waals surface area contributed by atoms with Crippen LogP contribution in [0.5, 0.6) is 5.75 Å². The predicted molar refractivity (Wildman–Crippen MR) is 84.5 cm³/mol. The van der Waals surface area contributed by atoms with Crippen molar-refractivity contribution in [3.63, 3.8) is 0 Å². The quantitative estimate of drug-likeness (QED) is 0.925. The molecule has 2 rings (SSSR count). The summed E-state index contributed by atoms with van der Waals surface area (Å²) in [6, 6.07) is 9.17. The van der Waals surface area contributed by atoms with Gasteiger partial charge in [-0.15, -0.1) is 0 Å². The van der Waals surface area contributed by atoms with Gasteiger partial charge in [-0.1, -0.05) is 38.0 Å². The van der Waals surface area contributed by atoms with Gasteiger partial charge in [0.25, 0.3) is 0 Å². The van der Waals surface area contributed by atoms with Gasteiger partial charge in [0.15, 0.2) is 0 Å². The number of hydrogen-bond donors (Lipinski definition) is 1. The first kappa shape index (κ1) is 15.8. The number of benzene rings is 1. The summed E-state index contributed by atoms with van der Waals surface area (Å²) in [6.07, 6.45) is 4.36. The Balaban J connectivity index is 1.91. The molecule has 0 spiro atoms. The predicted octanol–water partition coefficient (Wildman–Crippen LogP) is 3.29. The van der Waals surface area contributed by atoms with Crippen LogP contribution in [0.1, 0.15) is 32.6 Å². The molecular weight excluding hydrogens is 264 g/mol. The number of ether oxygens (including phenoxy) is 1. The fourth-order valence-electron chi connectivity index (χ4n) is 3.23. The molecule has 1 aromatic carbocycles. The van der Waals surface area contributed by atoms with E-state index < -0.39 is 0 Å². The molecule has 0 bridgehead atoms. The van der Waals surface area contributed by atoms with Gasteiger partial charge in [-0.2, -0.15) is 0 Å². The minimum atomic E-state index is -0.374. The molecule has 1 N–H and O–H groups in total. The zero-order chi connectivity index (χ0) is 15.3. The Kier molecular flexibility index (Phi) is 5.23. The molecule has 0 radical (unpaired) electrons. The standard InChI is InChI=1S/C17H26N2O2/c1-14-8-7-11-17(12-14,19(2)3)13-18-16(20)21-15-9-5-4-6-10-15/h4-6,9-10,14H,7-8,11-13H2,1-3H3,(H,18,20). The minimum Gasteiger partial charge on any atom is -0.410 e. The number of hydrogen-bond acceptors (Lipinski definition) is 3. The first-order valence-corrected chi connectivity index (χ1v) is 7.70. The highest BCUT2D eigenvalue weighted by molar-refractivity contribution is 5.70. The fourth-order valence-corrected chi connectivity index (χ4v) is 3.23. The number of carbonyl (C=O) groups is 1. The van der Waals surface area contributed by atoms with E-state index in [2.05, 4.69) is 31.2 Å². The highest BCUT2D eigenvalue weighted by atomic mass is 16.6. The highest BCUT2D eigenvalue weighted by Crippen LogP contribution is 2.35. The van der Waals surface area contributed by atoms with Crippen molar-refractivity contribution in [2.24, 2.45) is 5.92 Å². The van der Waals surface area contributed by atoms with Crippen LogP contribution >= 0.6 is 0 Å². The second kappa shape index (κ2) is 6.94. The van der Waals surface area contributed by atoms with E-state index in [1.807, 2.05) is 18.2 Å². The molecular formula is C17H26N2O2. The maximum atomic E-state index is 11.9. The van der Waals surface area contributed by atoms with E-state index in [9.17, 15) is 4.79 Å². The average Bonchev–Trinajstić information content (AvgIpc) is 2.46. The van der Waals surface area contributed by atoms with E-state index in [-0.39, 0.29) is 11.6 Å². The fraction of sp³-hybridized carbons (Fsp3) is 0.588. The lowest BCUT2D eigenvalue weighted by atomic mass is 9.75. The Hall–Kier alpha value is -1.55. The molecule has 1 aromatic rings. The van der Waals surface area contributed by atoms with Crippen LogP contribution in [0.4, 0.5) is 4.79 Å². The minimum absolute atomic E-state index is 0.0490. The van der Waals surface area contributed by atoms with Crippen LogP contribution in [0.3, 0.4) is 0 Å². The summed E-state index contributed by atoms with van der Waals surface area (Å²) < 4.78 is 5.29. The maximum absolute atomic E-state index is 11.9. The van der Waals surface area contributed by atoms with Gasteiger partial charge in [-0.25, -0.2) is 4.79 Å². The molecule has 4 nitrogen and oxygen atoms in total. The first-order chi connectivity index (χ1) is 10.0. The van der Waals surface area contributed by atoms with Gasteiger partial charge in [0.1, 0.15) is 5.75 Å². The third kappa shape index (κ3) is 4.21. The van der Waals surface area contributed by atoms with Gasteiger partial charge in [0.05, 0.1) is 0 Å². The molecule has 1 fully saturated rings. The lowest BCUT2D eigenvalue weighted by Gasteiger charge is -2.45. The Labute approximate surface area is 127 Å². The highest BCUT2D eigenvalue weighted by Gasteiger charge is 2.37. The van der Waals surface area contributed by atoms with Crippen LogP contribution in [-0.4, -0.2) is 37.2 Å². The van der Waals surface area contributed by atoms with Crippen molar-refractivity contribution in [2.75, 3.05) is 20.6 Å². The summed E-state index contributed by atoms with van der Waals surface area (Å²) in [5, 5.41) is 2.94. The summed E-state index contributed by atoms with van der Waals surface area (Å²) in [7, 11) is 4.20. The van der Waals surface area contributed by atoms with Crippen molar-refractivity contribution < 1.29 is 9.53 Å². The van der Waals surface area contributed by atoms with Gasteiger partial charge in [0.2, 0.25) is 0 Å². The zero-order valence-corrected chi connectivity index (χ0v) is 13.3. The van der Waals surface area contributed by atoms with E-state index in [0.717, 1.165) is 12.8 Å². The van der Waals surface area contributed by atoms with Gasteiger partial charge in [-0.05, 0) is 45.0 Å². The number of carbonyl (C=O) groups excluding carboxylic acids is 1. The van der Waals surface area contributed by atoms with Crippen molar-refractivity contribution in [3.8, 4) is 5.75 Å². The zero-order valence-electron chi connectivity index (χ0n) is 13.3. The molecule has 0 heterocycles. The Morgan fingerprint density at radius 3 is 2.71 bits per heavy atom. The number of likely N-dealkylation sites (N-methyl/N-ethyl adjacent to an activating group) is 1. The van der Waals surface area contributed by atoms with Crippen molar-refractivity contribution in [3.05, 3.63) is 30.3 Å². The van der Waals surface area contributed by atoms with E-state index in [4.69, 9.17) is 4.74 Å². The maximum Gasteiger partial charge on any atom is 0.412 e. The molecule has 2 unspecified atom stereocenters. The second-order valence-electron chi connectivity index (χ2n) is 6.38. The summed E-state index contributed by atoms with van der Waals surface area (Å²) >= 11 is 0. The van der Waals surface area contributed by atoms with Gasteiger partial charge >= 0.3 is 6.09 Å². The topological polar surface area (TPSA) is 41.6 Å². The molecule has 1 saturated carbocycles. The van der Waals surface area contributed by atoms with Gasteiger partial charge < -0.3 is 15.0 Å². The lowest BCUT2D eigenvalue weighted by Crippen LogP contribution is -2.55. The number of nitrogens with zero attached hydrogens (tertiary/aromatic N) is 1. The van der Waals surface area contributed by atoms with E-state index in [1.54, 1.807) is 12.1 Å². The van der Waals surface area contributed by atoms with Crippen LogP contribution in [-0.2, 0) is 0 Å². The smallest absolute Gasteiger partial charge is 0.410 e. The summed E-state index contributed by atoms with van der Waals surface area (Å²) in [4.78, 5) is 14.2. The third-order valence-corrected chi connectivity index (χ3v) is 4.53. The molecule has 21 heavy (non-hydrogen) atoms. The summed E-state index contributed by atoms with van der Waals surface area (Å²) in [6.45, 7) is 2.93. The third-order valence-electron chi connectivity index (χ3n) is 4.53. The van der Waals surface area contributed by atoms with Gasteiger partial charge in [-0.3, -0.25) is 0 Å². The Bertz CT molecular complexity index is 461. The second-order valence-corrected chi connectivity index (χ2v) is 6.38. The van der Waals surface area contributed by atoms with E-state index in [1.165, 1.54) is 12.8 Å². The molecule has 0 aromatic heterocycles. The molecule has 1 aliphatic rings. The van der Waals surface area contributed by atoms with E-state index >= 15 is 0 Å². The SMILES string of the molecule is CC1CCCC(CNC(=O)Oc2ccccc2)(N(C)C)C1. The number of amides is 1. The van der Waals surface area contributed by atoms with Crippen LogP contribution in [0.2, 0.25) is 0 Å². The molecule has 1 aliphatic carbocycles. The largest absolute Gasteiger partial charge is 0.412 e. The van der Waals surface area contributed by atoms with Crippen LogP contribution in [0.25, 0.3) is 0 Å². The monoisotopic (exact) mass is 290 g/mol. The van der Waals surface area contributed by atoms with Gasteiger partial charge in [0, 0.05) is 12.1 Å². The molecule has 0 aliphatic heterocycles. The number of nitrogens with one attached hydrogen (secondary N) is 1. The molecule has 0 saturated heterocycles. The van der Waals surface area contributed by atoms with Crippen molar-refractivity contribution >= 4 is 6.09 Å². The summed E-state index contributed by atoms with van der Waals surface area (Å²) in [5.74, 6) is 1.28. The Morgan fingerprint density at radius 1 is 1.38 bits per heavy atom. The van der Waals surface area contributed by atoms with Crippen LogP contribution in [0.15, 0.2) is 30.3 Å². The van der Waals surface area contributed by atoms with Crippen LogP contribution < -0.4 is 10.1 Å². The molecule has 4 heteroatoms. The molecule has 1 amide bonds. The lowest BCUT2D eigenvalue weighted by molar-refractivity contribution is 0.0750. The van der Waals surface area contributed by atoms with Crippen molar-refractivity contribution in [1.29, 1.82) is 0 Å². The number of para-hydroxylation sites is 1. The van der Waals surface area contributed by atoms with Crippen LogP contribution in [0, 0.1) is 5.92 Å². The van der Waals surface area contributed by atoms with E-state index in [0.29, 0.717) is 18.2 Å². The summed E-state index contributed by atoms with van der Waals surface area (Å²) in [5.41, 5.74) is 0.0490. The number of rotatable bonds is 4. The Morgan fingerprint density at radius 2 is 2.10 bits per heavy atom. The normalized spacial score (nSPS) is 25.6.